The second kappa shape index (κ2) is 11.5. The van der Waals surface area contributed by atoms with Gasteiger partial charge in [0.1, 0.15) is 11.8 Å². The van der Waals surface area contributed by atoms with Gasteiger partial charge < -0.3 is 20.1 Å². The van der Waals surface area contributed by atoms with E-state index in [1.807, 2.05) is 39.0 Å². The van der Waals surface area contributed by atoms with Crippen LogP contribution in [0.5, 0.6) is 5.75 Å². The number of nitrogens with zero attached hydrogens (tertiary/aromatic N) is 1. The molecule has 2 fully saturated rings. The Hall–Kier alpha value is -3.07. The number of hydrogen-bond acceptors (Lipinski definition) is 4. The highest BCUT2D eigenvalue weighted by Crippen LogP contribution is 2.51. The third-order valence-electron chi connectivity index (χ3n) is 8.89. The van der Waals surface area contributed by atoms with Gasteiger partial charge in [-0.15, -0.1) is 0 Å². The van der Waals surface area contributed by atoms with Crippen LogP contribution in [-0.4, -0.2) is 41.1 Å². The van der Waals surface area contributed by atoms with E-state index in [9.17, 15) is 27.9 Å². The van der Waals surface area contributed by atoms with Gasteiger partial charge in [0.25, 0.3) is 0 Å². The summed E-state index contributed by atoms with van der Waals surface area (Å²) in [4.78, 5) is 28.2. The number of nitrogens with one attached hydrogen (secondary N) is 1. The smallest absolute Gasteiger partial charge is 0.416 e. The van der Waals surface area contributed by atoms with Crippen LogP contribution < -0.4 is 10.1 Å². The minimum Gasteiger partial charge on any atom is -0.496 e. The standard InChI is InChI=1S/C33H43F3N2O4/c1-31(2,3)21-15-16-24(42-7)20(17-21)18-37-26-25(32(4,5)6)28(30(40)41)38(29(39)19-11-10-12-19)27(26)22-13-8-9-14-23(22)33(34,35)36/h8-9,13-17,19,25-28,37H,10-12,18H2,1-7H3,(H,40,41)/t25-,26-,27-,28-/m0/s1. The van der Waals surface area contributed by atoms with Gasteiger partial charge in [-0.3, -0.25) is 4.79 Å². The lowest BCUT2D eigenvalue weighted by Gasteiger charge is -2.37. The fourth-order valence-electron chi connectivity index (χ4n) is 6.54. The van der Waals surface area contributed by atoms with E-state index < -0.39 is 53.1 Å². The third-order valence-corrected chi connectivity index (χ3v) is 8.89. The van der Waals surface area contributed by atoms with Crippen LogP contribution in [0, 0.1) is 17.3 Å². The average molecular weight is 589 g/mol. The van der Waals surface area contributed by atoms with E-state index in [0.717, 1.165) is 23.6 Å². The van der Waals surface area contributed by atoms with Gasteiger partial charge in [-0.25, -0.2) is 4.79 Å². The minimum atomic E-state index is -4.69. The Bertz CT molecular complexity index is 1310. The second-order valence-corrected chi connectivity index (χ2v) is 13.8. The van der Waals surface area contributed by atoms with Crippen molar-refractivity contribution in [3.8, 4) is 5.75 Å². The molecule has 1 saturated carbocycles. The van der Waals surface area contributed by atoms with E-state index in [1.54, 1.807) is 7.11 Å². The molecule has 6 nitrogen and oxygen atoms in total. The van der Waals surface area contributed by atoms with Crippen LogP contribution in [0.25, 0.3) is 0 Å². The fraction of sp³-hybridized carbons (Fsp3) is 0.576. The Morgan fingerprint density at radius 2 is 1.67 bits per heavy atom. The lowest BCUT2D eigenvalue weighted by molar-refractivity contribution is -0.155. The van der Waals surface area contributed by atoms with Crippen LogP contribution in [0.4, 0.5) is 13.2 Å². The fourth-order valence-corrected chi connectivity index (χ4v) is 6.54. The first-order valence-corrected chi connectivity index (χ1v) is 14.6. The molecule has 0 bridgehead atoms. The number of ether oxygens (including phenoxy) is 1. The van der Waals surface area contributed by atoms with E-state index >= 15 is 0 Å². The van der Waals surface area contributed by atoms with E-state index in [1.165, 1.54) is 23.1 Å². The zero-order valence-electron chi connectivity index (χ0n) is 25.5. The number of carbonyl (C=O) groups is 2. The lowest BCUT2D eigenvalue weighted by Crippen LogP contribution is -2.50. The van der Waals surface area contributed by atoms with E-state index in [4.69, 9.17) is 4.74 Å². The SMILES string of the molecule is COc1ccc(C(C)(C)C)cc1CN[C@H]1[C@H](C(C)(C)C)[C@@H](C(=O)O)N(C(=O)C2CCC2)[C@H]1c1ccccc1C(F)(F)F. The number of methoxy groups -OCH3 is 1. The first-order valence-electron chi connectivity index (χ1n) is 14.6. The number of alkyl halides is 3. The zero-order valence-corrected chi connectivity index (χ0v) is 25.5. The molecule has 1 amide bonds. The van der Waals surface area contributed by atoms with Gasteiger partial charge in [-0.1, -0.05) is 78.3 Å². The molecule has 2 aliphatic rings. The van der Waals surface area contributed by atoms with Crippen LogP contribution >= 0.6 is 0 Å². The number of carboxylic acid groups (broad SMARTS) is 1. The Labute approximate surface area is 246 Å². The summed E-state index contributed by atoms with van der Waals surface area (Å²) in [5.41, 5.74) is 0.0802. The maximum Gasteiger partial charge on any atom is 0.416 e. The molecule has 1 aliphatic carbocycles. The first kappa shape index (κ1) is 31.9. The Morgan fingerprint density at radius 3 is 2.17 bits per heavy atom. The number of benzene rings is 2. The van der Waals surface area contributed by atoms with Gasteiger partial charge in [0, 0.05) is 30.0 Å². The molecule has 0 aromatic heterocycles. The minimum absolute atomic E-state index is 0.0939. The molecular weight excluding hydrogens is 545 g/mol. The molecule has 0 spiro atoms. The van der Waals surface area contributed by atoms with Gasteiger partial charge >= 0.3 is 12.1 Å². The molecule has 2 aromatic carbocycles. The van der Waals surface area contributed by atoms with Gasteiger partial charge in [0.05, 0.1) is 18.7 Å². The molecule has 0 radical (unpaired) electrons. The number of carboxylic acids is 1. The molecule has 230 valence electrons. The molecule has 0 unspecified atom stereocenters. The monoisotopic (exact) mass is 588 g/mol. The molecule has 4 rings (SSSR count). The number of carbonyl (C=O) groups excluding carboxylic acids is 1. The topological polar surface area (TPSA) is 78.9 Å². The highest BCUT2D eigenvalue weighted by atomic mass is 19.4. The van der Waals surface area contributed by atoms with E-state index in [0.29, 0.717) is 18.6 Å². The second-order valence-electron chi connectivity index (χ2n) is 13.8. The summed E-state index contributed by atoms with van der Waals surface area (Å²) in [6.07, 6.45) is -2.65. The van der Waals surface area contributed by atoms with Crippen molar-refractivity contribution in [1.82, 2.24) is 10.2 Å². The molecule has 2 N–H and O–H groups in total. The maximum atomic E-state index is 14.4. The Balaban J connectivity index is 1.90. The summed E-state index contributed by atoms with van der Waals surface area (Å²) >= 11 is 0. The number of amides is 1. The third kappa shape index (κ3) is 6.17. The van der Waals surface area contributed by atoms with Crippen LogP contribution in [0.1, 0.15) is 89.1 Å². The van der Waals surface area contributed by atoms with E-state index in [-0.39, 0.29) is 23.4 Å². The summed E-state index contributed by atoms with van der Waals surface area (Å²) in [5, 5.41) is 14.1. The average Bonchev–Trinajstić information content (AvgIpc) is 3.21. The van der Waals surface area contributed by atoms with Crippen molar-refractivity contribution in [3.05, 3.63) is 64.7 Å². The molecule has 9 heteroatoms. The predicted octanol–water partition coefficient (Wildman–Crippen LogP) is 6.97. The van der Waals surface area contributed by atoms with Gasteiger partial charge in [-0.2, -0.15) is 13.2 Å². The van der Waals surface area contributed by atoms with Crippen LogP contribution in [0.15, 0.2) is 42.5 Å². The predicted molar refractivity (Wildman–Crippen MR) is 155 cm³/mol. The number of likely N-dealkylation sites (tertiary alicyclic amines) is 1. The van der Waals surface area contributed by atoms with Crippen molar-refractivity contribution < 1.29 is 32.6 Å². The molecule has 1 aliphatic heterocycles. The van der Waals surface area contributed by atoms with Gasteiger partial charge in [-0.05, 0) is 46.9 Å². The van der Waals surface area contributed by atoms with Crippen molar-refractivity contribution in [2.75, 3.05) is 7.11 Å². The highest BCUT2D eigenvalue weighted by molar-refractivity contribution is 5.87. The van der Waals surface area contributed by atoms with Crippen LogP contribution in [-0.2, 0) is 27.7 Å². The largest absolute Gasteiger partial charge is 0.496 e. The Kier molecular flexibility index (Phi) is 8.76. The molecule has 2 aromatic rings. The molecule has 1 saturated heterocycles. The van der Waals surface area contributed by atoms with Crippen molar-refractivity contribution >= 4 is 11.9 Å². The quantitative estimate of drug-likeness (QED) is 0.365. The zero-order chi connectivity index (χ0) is 31.2. The maximum absolute atomic E-state index is 14.4. The van der Waals surface area contributed by atoms with Crippen LogP contribution in [0.3, 0.4) is 0 Å². The summed E-state index contributed by atoms with van der Waals surface area (Å²) in [5.74, 6) is -2.07. The normalized spacial score (nSPS) is 23.5. The number of aliphatic carboxylic acids is 1. The van der Waals surface area contributed by atoms with Crippen molar-refractivity contribution in [2.45, 2.75) is 97.1 Å². The summed E-state index contributed by atoms with van der Waals surface area (Å²) in [6, 6.07) is 7.86. The molecular formula is C33H43F3N2O4. The number of halogens is 3. The summed E-state index contributed by atoms with van der Waals surface area (Å²) < 4.78 is 48.9. The first-order chi connectivity index (χ1) is 19.5. The number of hydrogen-bond donors (Lipinski definition) is 2. The van der Waals surface area contributed by atoms with Crippen molar-refractivity contribution in [1.29, 1.82) is 0 Å². The van der Waals surface area contributed by atoms with Crippen molar-refractivity contribution in [2.24, 2.45) is 17.3 Å². The lowest BCUT2D eigenvalue weighted by atomic mass is 9.72. The number of rotatable bonds is 7. The van der Waals surface area contributed by atoms with Crippen LogP contribution in [0.2, 0.25) is 0 Å². The summed E-state index contributed by atoms with van der Waals surface area (Å²) in [6.45, 7) is 12.1. The molecule has 1 heterocycles. The van der Waals surface area contributed by atoms with E-state index in [2.05, 4.69) is 26.1 Å². The highest BCUT2D eigenvalue weighted by Gasteiger charge is 2.59. The van der Waals surface area contributed by atoms with Gasteiger partial charge in [0.2, 0.25) is 5.91 Å². The summed E-state index contributed by atoms with van der Waals surface area (Å²) in [7, 11) is 1.56. The van der Waals surface area contributed by atoms with Gasteiger partial charge in [0.15, 0.2) is 0 Å². The molecule has 4 atom stereocenters. The van der Waals surface area contributed by atoms with Crippen molar-refractivity contribution in [3.63, 3.8) is 0 Å². The Morgan fingerprint density at radius 1 is 1.02 bits per heavy atom. The molecule has 42 heavy (non-hydrogen) atoms.